The lowest BCUT2D eigenvalue weighted by atomic mass is 10.1. The quantitative estimate of drug-likeness (QED) is 0.454. The molecule has 4 heterocycles. The molecule has 0 amide bonds. The molecule has 5 rings (SSSR count). The van der Waals surface area contributed by atoms with Gasteiger partial charge in [0.15, 0.2) is 5.65 Å². The van der Waals surface area contributed by atoms with Gasteiger partial charge in [0.2, 0.25) is 5.89 Å². The largest absolute Gasteiger partial charge is 0.443 e. The number of benzene rings is 1. The molecule has 0 saturated heterocycles. The Morgan fingerprint density at radius 3 is 2.76 bits per heavy atom. The third-order valence-electron chi connectivity index (χ3n) is 4.62. The van der Waals surface area contributed by atoms with Crippen LogP contribution < -0.4 is 5.56 Å². The van der Waals surface area contributed by atoms with Crippen molar-refractivity contribution in [3.05, 3.63) is 81.7 Å². The maximum absolute atomic E-state index is 13.0. The van der Waals surface area contributed by atoms with Gasteiger partial charge in [-0.3, -0.25) is 9.36 Å². The van der Waals surface area contributed by atoms with Gasteiger partial charge in [-0.05, 0) is 48.6 Å². The van der Waals surface area contributed by atoms with Gasteiger partial charge in [0, 0.05) is 0 Å². The van der Waals surface area contributed by atoms with E-state index in [1.54, 1.807) is 28.5 Å². The minimum absolute atomic E-state index is 0.161. The molecule has 5 aromatic rings. The van der Waals surface area contributed by atoms with Crippen molar-refractivity contribution in [1.82, 2.24) is 24.3 Å². The fourth-order valence-corrected chi connectivity index (χ4v) is 4.05. The van der Waals surface area contributed by atoms with E-state index in [0.717, 1.165) is 21.7 Å². The second-order valence-electron chi connectivity index (χ2n) is 6.94. The van der Waals surface area contributed by atoms with E-state index >= 15 is 0 Å². The van der Waals surface area contributed by atoms with Crippen LogP contribution in [0.5, 0.6) is 0 Å². The number of rotatable bonds is 4. The Balaban J connectivity index is 1.51. The van der Waals surface area contributed by atoms with Gasteiger partial charge in [-0.15, -0.1) is 11.3 Å². The molecule has 8 heteroatoms. The Kier molecular flexibility index (Phi) is 4.13. The first-order chi connectivity index (χ1) is 14.1. The Morgan fingerprint density at radius 2 is 2.00 bits per heavy atom. The zero-order valence-electron chi connectivity index (χ0n) is 15.9. The smallest absolute Gasteiger partial charge is 0.264 e. The van der Waals surface area contributed by atoms with Crippen molar-refractivity contribution in [2.45, 2.75) is 20.4 Å². The van der Waals surface area contributed by atoms with E-state index in [0.29, 0.717) is 22.6 Å². The molecule has 0 unspecified atom stereocenters. The number of aromatic nitrogens is 5. The van der Waals surface area contributed by atoms with Crippen molar-refractivity contribution in [1.29, 1.82) is 0 Å². The monoisotopic (exact) mass is 403 g/mol. The SMILES string of the molecule is Cc1cc(C)cc(-n2ncc3c(=O)n(Cc4coc(-c5cccs5)n4)cnc32)c1. The van der Waals surface area contributed by atoms with Crippen LogP contribution in [0.1, 0.15) is 16.8 Å². The highest BCUT2D eigenvalue weighted by atomic mass is 32.1. The predicted molar refractivity (Wildman–Crippen MR) is 112 cm³/mol. The zero-order chi connectivity index (χ0) is 20.0. The molecule has 0 radical (unpaired) electrons. The highest BCUT2D eigenvalue weighted by Crippen LogP contribution is 2.24. The Morgan fingerprint density at radius 1 is 1.17 bits per heavy atom. The normalized spacial score (nSPS) is 11.4. The molecular weight excluding hydrogens is 386 g/mol. The summed E-state index contributed by atoms with van der Waals surface area (Å²) in [5.74, 6) is 0.555. The molecule has 0 aliphatic carbocycles. The van der Waals surface area contributed by atoms with E-state index in [-0.39, 0.29) is 12.1 Å². The summed E-state index contributed by atoms with van der Waals surface area (Å²) in [7, 11) is 0. The van der Waals surface area contributed by atoms with Crippen LogP contribution in [-0.2, 0) is 6.54 Å². The van der Waals surface area contributed by atoms with Crippen molar-refractivity contribution in [3.8, 4) is 16.5 Å². The van der Waals surface area contributed by atoms with Crippen LogP contribution in [0.2, 0.25) is 0 Å². The van der Waals surface area contributed by atoms with E-state index in [1.165, 1.54) is 10.9 Å². The van der Waals surface area contributed by atoms with Crippen molar-refractivity contribution in [2.24, 2.45) is 0 Å². The molecule has 0 atom stereocenters. The van der Waals surface area contributed by atoms with Gasteiger partial charge < -0.3 is 4.42 Å². The minimum atomic E-state index is -0.161. The highest BCUT2D eigenvalue weighted by Gasteiger charge is 2.14. The molecule has 7 nitrogen and oxygen atoms in total. The highest BCUT2D eigenvalue weighted by molar-refractivity contribution is 7.13. The van der Waals surface area contributed by atoms with Crippen LogP contribution in [0.15, 0.2) is 63.7 Å². The molecule has 4 aromatic heterocycles. The summed E-state index contributed by atoms with van der Waals surface area (Å²) in [6, 6.07) is 10.0. The van der Waals surface area contributed by atoms with Gasteiger partial charge in [0.05, 0.1) is 29.0 Å². The van der Waals surface area contributed by atoms with Crippen molar-refractivity contribution in [3.63, 3.8) is 0 Å². The molecular formula is C21H17N5O2S. The van der Waals surface area contributed by atoms with Crippen LogP contribution in [0.3, 0.4) is 0 Å². The van der Waals surface area contributed by atoms with Gasteiger partial charge in [-0.2, -0.15) is 5.10 Å². The number of hydrogen-bond donors (Lipinski definition) is 0. The van der Waals surface area contributed by atoms with Gasteiger partial charge >= 0.3 is 0 Å². The standard InChI is InChI=1S/C21H17N5O2S/c1-13-6-14(2)8-16(7-13)26-19-17(9-23-26)21(27)25(12-22-19)10-15-11-28-20(24-15)18-4-3-5-29-18/h3-9,11-12H,10H2,1-2H3. The third-order valence-corrected chi connectivity index (χ3v) is 5.48. The predicted octanol–water partition coefficient (Wildman–Crippen LogP) is 3.96. The van der Waals surface area contributed by atoms with E-state index in [9.17, 15) is 4.79 Å². The fourth-order valence-electron chi connectivity index (χ4n) is 3.39. The molecule has 0 aliphatic rings. The number of oxazole rings is 1. The van der Waals surface area contributed by atoms with Gasteiger partial charge in [-0.25, -0.2) is 14.6 Å². The summed E-state index contributed by atoms with van der Waals surface area (Å²) in [5.41, 5.74) is 4.19. The Bertz CT molecular complexity index is 1360. The maximum Gasteiger partial charge on any atom is 0.264 e. The van der Waals surface area contributed by atoms with Gasteiger partial charge in [0.25, 0.3) is 5.56 Å². The minimum Gasteiger partial charge on any atom is -0.443 e. The zero-order valence-corrected chi connectivity index (χ0v) is 16.7. The molecule has 0 spiro atoms. The van der Waals surface area contributed by atoms with Gasteiger partial charge in [-0.1, -0.05) is 12.1 Å². The topological polar surface area (TPSA) is 78.7 Å². The van der Waals surface area contributed by atoms with Crippen LogP contribution in [0, 0.1) is 13.8 Å². The van der Waals surface area contributed by atoms with Crippen LogP contribution in [-0.4, -0.2) is 24.3 Å². The van der Waals surface area contributed by atoms with E-state index in [4.69, 9.17) is 4.42 Å². The first kappa shape index (κ1) is 17.6. The maximum atomic E-state index is 13.0. The molecule has 0 aliphatic heterocycles. The van der Waals surface area contributed by atoms with Crippen LogP contribution in [0.25, 0.3) is 27.5 Å². The lowest BCUT2D eigenvalue weighted by molar-refractivity contribution is 0.572. The first-order valence-electron chi connectivity index (χ1n) is 9.08. The number of thiophene rings is 1. The van der Waals surface area contributed by atoms with Crippen molar-refractivity contribution >= 4 is 22.4 Å². The van der Waals surface area contributed by atoms with E-state index in [1.807, 2.05) is 43.5 Å². The molecule has 144 valence electrons. The Labute approximate surface area is 169 Å². The molecule has 1 aromatic carbocycles. The first-order valence-corrected chi connectivity index (χ1v) is 9.96. The number of aryl methyl sites for hydroxylation is 2. The van der Waals surface area contributed by atoms with E-state index < -0.39 is 0 Å². The number of hydrogen-bond acceptors (Lipinski definition) is 6. The van der Waals surface area contributed by atoms with E-state index in [2.05, 4.69) is 21.1 Å². The van der Waals surface area contributed by atoms with Crippen LogP contribution in [0.4, 0.5) is 0 Å². The summed E-state index contributed by atoms with van der Waals surface area (Å²) < 4.78 is 8.76. The summed E-state index contributed by atoms with van der Waals surface area (Å²) in [6.45, 7) is 4.35. The lowest BCUT2D eigenvalue weighted by Gasteiger charge is -2.07. The molecule has 29 heavy (non-hydrogen) atoms. The Hall–Kier alpha value is -3.52. The lowest BCUT2D eigenvalue weighted by Crippen LogP contribution is -2.21. The van der Waals surface area contributed by atoms with Crippen molar-refractivity contribution in [2.75, 3.05) is 0 Å². The third kappa shape index (κ3) is 3.17. The molecule has 0 saturated carbocycles. The molecule has 0 fully saturated rings. The second kappa shape index (κ2) is 6.82. The molecule has 0 bridgehead atoms. The molecule has 0 N–H and O–H groups in total. The summed E-state index contributed by atoms with van der Waals surface area (Å²) in [6.07, 6.45) is 4.67. The number of fused-ring (bicyclic) bond motifs is 1. The van der Waals surface area contributed by atoms with Crippen molar-refractivity contribution < 1.29 is 4.42 Å². The fraction of sp³-hybridized carbons (Fsp3) is 0.143. The summed E-state index contributed by atoms with van der Waals surface area (Å²) in [4.78, 5) is 22.9. The average molecular weight is 403 g/mol. The second-order valence-corrected chi connectivity index (χ2v) is 7.89. The average Bonchev–Trinajstić information content (AvgIpc) is 3.43. The number of nitrogens with zero attached hydrogens (tertiary/aromatic N) is 5. The van der Waals surface area contributed by atoms with Crippen LogP contribution >= 0.6 is 11.3 Å². The summed E-state index contributed by atoms with van der Waals surface area (Å²) in [5, 5.41) is 6.84. The van der Waals surface area contributed by atoms with Gasteiger partial charge in [0.1, 0.15) is 18.0 Å². The summed E-state index contributed by atoms with van der Waals surface area (Å²) >= 11 is 1.56.